The number of rotatable bonds is 6. The number of hydrogen-bond acceptors (Lipinski definition) is 4. The predicted molar refractivity (Wildman–Crippen MR) is 86.8 cm³/mol. The number of carbonyl (C=O) groups excluding carboxylic acids is 2. The number of para-hydroxylation sites is 1. The molecule has 3 rings (SSSR count). The standard InChI is InChI=1S/C18H24N2O3/c1-19(11-12-23-15-7-3-2-4-8-15)14-20-16(21)13-18(17(20)22)9-5-6-10-18/h2-4,7-8H,5-6,9-14H2,1H3. The molecule has 1 heterocycles. The topological polar surface area (TPSA) is 49.9 Å². The minimum absolute atomic E-state index is 0.0206. The van der Waals surface area contributed by atoms with E-state index in [4.69, 9.17) is 4.74 Å². The van der Waals surface area contributed by atoms with Crippen molar-refractivity contribution in [3.8, 4) is 5.75 Å². The molecular formula is C18H24N2O3. The van der Waals surface area contributed by atoms with Gasteiger partial charge in [-0.1, -0.05) is 31.0 Å². The molecule has 1 saturated carbocycles. The zero-order valence-electron chi connectivity index (χ0n) is 13.7. The van der Waals surface area contributed by atoms with Crippen LogP contribution in [0.15, 0.2) is 30.3 Å². The van der Waals surface area contributed by atoms with Crippen LogP contribution in [0.1, 0.15) is 32.1 Å². The molecule has 0 unspecified atom stereocenters. The normalized spacial score (nSPS) is 20.0. The lowest BCUT2D eigenvalue weighted by atomic mass is 9.85. The van der Waals surface area contributed by atoms with E-state index in [0.717, 1.165) is 31.4 Å². The molecular weight excluding hydrogens is 292 g/mol. The molecule has 2 fully saturated rings. The Kier molecular flexibility index (Phi) is 4.66. The fourth-order valence-electron chi connectivity index (χ4n) is 3.59. The first-order valence-electron chi connectivity index (χ1n) is 8.32. The highest BCUT2D eigenvalue weighted by atomic mass is 16.5. The summed E-state index contributed by atoms with van der Waals surface area (Å²) in [6.45, 7) is 1.55. The molecule has 1 saturated heterocycles. The van der Waals surface area contributed by atoms with Crippen LogP contribution in [0.5, 0.6) is 5.75 Å². The zero-order valence-corrected chi connectivity index (χ0v) is 13.7. The fourth-order valence-corrected chi connectivity index (χ4v) is 3.59. The van der Waals surface area contributed by atoms with Crippen LogP contribution >= 0.6 is 0 Å². The quantitative estimate of drug-likeness (QED) is 0.756. The summed E-state index contributed by atoms with van der Waals surface area (Å²) in [6.07, 6.45) is 4.27. The van der Waals surface area contributed by atoms with Crippen molar-refractivity contribution in [2.24, 2.45) is 5.41 Å². The molecule has 1 spiro atoms. The number of hydrogen-bond donors (Lipinski definition) is 0. The third-order valence-corrected chi connectivity index (χ3v) is 4.92. The first kappa shape index (κ1) is 16.0. The Hall–Kier alpha value is -1.88. The number of benzene rings is 1. The molecule has 2 aliphatic rings. The van der Waals surface area contributed by atoms with E-state index in [2.05, 4.69) is 0 Å². The molecule has 2 amide bonds. The number of imide groups is 1. The number of carbonyl (C=O) groups is 2. The molecule has 1 aliphatic carbocycles. The Morgan fingerprint density at radius 2 is 1.87 bits per heavy atom. The molecule has 0 aromatic heterocycles. The van der Waals surface area contributed by atoms with Crippen LogP contribution in [0.25, 0.3) is 0 Å². The van der Waals surface area contributed by atoms with Gasteiger partial charge in [-0.2, -0.15) is 0 Å². The maximum absolute atomic E-state index is 12.6. The molecule has 0 bridgehead atoms. The Labute approximate surface area is 137 Å². The molecule has 23 heavy (non-hydrogen) atoms. The molecule has 5 heteroatoms. The van der Waals surface area contributed by atoms with Crippen LogP contribution in [-0.4, -0.2) is 48.5 Å². The smallest absolute Gasteiger partial charge is 0.237 e. The van der Waals surface area contributed by atoms with Gasteiger partial charge in [-0.25, -0.2) is 0 Å². The van der Waals surface area contributed by atoms with Crippen molar-refractivity contribution in [2.45, 2.75) is 32.1 Å². The van der Waals surface area contributed by atoms with E-state index in [-0.39, 0.29) is 17.2 Å². The SMILES string of the molecule is CN(CCOc1ccccc1)CN1C(=O)CC2(CCCC2)C1=O. The largest absolute Gasteiger partial charge is 0.492 e. The number of ether oxygens (including phenoxy) is 1. The Morgan fingerprint density at radius 1 is 1.17 bits per heavy atom. The third kappa shape index (κ3) is 3.39. The van der Waals surface area contributed by atoms with Crippen molar-refractivity contribution in [1.29, 1.82) is 0 Å². The zero-order chi connectivity index (χ0) is 16.3. The summed E-state index contributed by atoms with van der Waals surface area (Å²) in [4.78, 5) is 28.2. The van der Waals surface area contributed by atoms with Crippen molar-refractivity contribution in [3.63, 3.8) is 0 Å². The van der Waals surface area contributed by atoms with Gasteiger partial charge in [0.15, 0.2) is 0 Å². The van der Waals surface area contributed by atoms with Crippen LogP contribution in [0.2, 0.25) is 0 Å². The van der Waals surface area contributed by atoms with Crippen molar-refractivity contribution >= 4 is 11.8 Å². The van der Waals surface area contributed by atoms with Crippen molar-refractivity contribution in [3.05, 3.63) is 30.3 Å². The second-order valence-corrected chi connectivity index (χ2v) is 6.67. The number of nitrogens with zero attached hydrogens (tertiary/aromatic N) is 2. The van der Waals surface area contributed by atoms with Gasteiger partial charge in [0.1, 0.15) is 12.4 Å². The number of amides is 2. The summed E-state index contributed by atoms with van der Waals surface area (Å²) in [5.74, 6) is 0.850. The van der Waals surface area contributed by atoms with E-state index in [1.165, 1.54) is 4.90 Å². The minimum Gasteiger partial charge on any atom is -0.492 e. The molecule has 1 aliphatic heterocycles. The summed E-state index contributed by atoms with van der Waals surface area (Å²) >= 11 is 0. The summed E-state index contributed by atoms with van der Waals surface area (Å²) in [6, 6.07) is 9.64. The van der Waals surface area contributed by atoms with Crippen LogP contribution < -0.4 is 4.74 Å². The van der Waals surface area contributed by atoms with Crippen LogP contribution in [0, 0.1) is 5.41 Å². The molecule has 5 nitrogen and oxygen atoms in total. The highest BCUT2D eigenvalue weighted by molar-refractivity contribution is 6.06. The predicted octanol–water partition coefficient (Wildman–Crippen LogP) is 2.27. The minimum atomic E-state index is -0.377. The third-order valence-electron chi connectivity index (χ3n) is 4.92. The molecule has 0 atom stereocenters. The van der Waals surface area contributed by atoms with Gasteiger partial charge in [0.25, 0.3) is 0 Å². The molecule has 1 aromatic carbocycles. The second-order valence-electron chi connectivity index (χ2n) is 6.67. The summed E-state index contributed by atoms with van der Waals surface area (Å²) < 4.78 is 5.66. The molecule has 0 N–H and O–H groups in total. The summed E-state index contributed by atoms with van der Waals surface area (Å²) in [7, 11) is 1.91. The monoisotopic (exact) mass is 316 g/mol. The lowest BCUT2D eigenvalue weighted by Crippen LogP contribution is -2.42. The van der Waals surface area contributed by atoms with Gasteiger partial charge < -0.3 is 4.74 Å². The van der Waals surface area contributed by atoms with Crippen molar-refractivity contribution < 1.29 is 14.3 Å². The van der Waals surface area contributed by atoms with Gasteiger partial charge >= 0.3 is 0 Å². The fraction of sp³-hybridized carbons (Fsp3) is 0.556. The van der Waals surface area contributed by atoms with Gasteiger partial charge in [0, 0.05) is 13.0 Å². The van der Waals surface area contributed by atoms with Crippen molar-refractivity contribution in [1.82, 2.24) is 9.80 Å². The van der Waals surface area contributed by atoms with Crippen LogP contribution in [0.4, 0.5) is 0 Å². The van der Waals surface area contributed by atoms with E-state index in [0.29, 0.717) is 26.2 Å². The van der Waals surface area contributed by atoms with Gasteiger partial charge in [-0.05, 0) is 32.0 Å². The van der Waals surface area contributed by atoms with Crippen molar-refractivity contribution in [2.75, 3.05) is 26.9 Å². The van der Waals surface area contributed by atoms with E-state index in [9.17, 15) is 9.59 Å². The number of likely N-dealkylation sites (tertiary alicyclic amines) is 1. The van der Waals surface area contributed by atoms with Gasteiger partial charge in [0.2, 0.25) is 11.8 Å². The first-order chi connectivity index (χ1) is 11.1. The molecule has 124 valence electrons. The highest BCUT2D eigenvalue weighted by Gasteiger charge is 2.52. The Bertz CT molecular complexity index is 567. The average Bonchev–Trinajstić information content (AvgIpc) is 3.10. The Balaban J connectivity index is 1.49. The van der Waals surface area contributed by atoms with Gasteiger partial charge in [-0.3, -0.25) is 19.4 Å². The number of likely N-dealkylation sites (N-methyl/N-ethyl adjacent to an activating group) is 1. The van der Waals surface area contributed by atoms with E-state index >= 15 is 0 Å². The average molecular weight is 316 g/mol. The molecule has 0 radical (unpaired) electrons. The highest BCUT2D eigenvalue weighted by Crippen LogP contribution is 2.46. The van der Waals surface area contributed by atoms with E-state index in [1.54, 1.807) is 0 Å². The van der Waals surface area contributed by atoms with Crippen LogP contribution in [0.3, 0.4) is 0 Å². The molecule has 1 aromatic rings. The van der Waals surface area contributed by atoms with Gasteiger partial charge in [0.05, 0.1) is 12.1 Å². The van der Waals surface area contributed by atoms with E-state index < -0.39 is 0 Å². The summed E-state index contributed by atoms with van der Waals surface area (Å²) in [5.41, 5.74) is -0.377. The summed E-state index contributed by atoms with van der Waals surface area (Å²) in [5, 5.41) is 0. The lowest BCUT2D eigenvalue weighted by Gasteiger charge is -2.25. The van der Waals surface area contributed by atoms with E-state index in [1.807, 2.05) is 42.3 Å². The maximum atomic E-state index is 12.6. The first-order valence-corrected chi connectivity index (χ1v) is 8.32. The Morgan fingerprint density at radius 3 is 2.57 bits per heavy atom. The van der Waals surface area contributed by atoms with Crippen LogP contribution in [-0.2, 0) is 9.59 Å². The lowest BCUT2D eigenvalue weighted by molar-refractivity contribution is -0.143. The second kappa shape index (κ2) is 6.71. The van der Waals surface area contributed by atoms with Gasteiger partial charge in [-0.15, -0.1) is 0 Å². The maximum Gasteiger partial charge on any atom is 0.237 e.